The molecule has 1 aliphatic rings. The van der Waals surface area contributed by atoms with Crippen LogP contribution in [-0.4, -0.2) is 32.5 Å². The quantitative estimate of drug-likeness (QED) is 0.576. The summed E-state index contributed by atoms with van der Waals surface area (Å²) < 4.78 is 5.55. The lowest BCUT2D eigenvalue weighted by molar-refractivity contribution is -0.120. The molecule has 0 atom stereocenters. The van der Waals surface area contributed by atoms with Gasteiger partial charge < -0.3 is 9.64 Å². The molecule has 5 nitrogen and oxygen atoms in total. The minimum absolute atomic E-state index is 0.113. The van der Waals surface area contributed by atoms with Crippen LogP contribution in [0.5, 0.6) is 5.75 Å². The van der Waals surface area contributed by atoms with Gasteiger partial charge in [0.25, 0.3) is 5.91 Å². The SMILES string of the molecule is CCCOc1ccc(N2C(=O)CC(=Cc3ccc(N(C)C)cc3)C2=O)cc1. The molecule has 0 N–H and O–H groups in total. The van der Waals surface area contributed by atoms with E-state index in [1.165, 1.54) is 4.90 Å². The molecule has 27 heavy (non-hydrogen) atoms. The molecule has 5 heteroatoms. The van der Waals surface area contributed by atoms with Gasteiger partial charge in [0.15, 0.2) is 0 Å². The summed E-state index contributed by atoms with van der Waals surface area (Å²) in [6.45, 7) is 2.68. The normalized spacial score (nSPS) is 15.5. The molecular weight excluding hydrogens is 340 g/mol. The highest BCUT2D eigenvalue weighted by molar-refractivity contribution is 6.29. The van der Waals surface area contributed by atoms with Gasteiger partial charge in [0.2, 0.25) is 5.91 Å². The smallest absolute Gasteiger partial charge is 0.261 e. The van der Waals surface area contributed by atoms with E-state index in [9.17, 15) is 9.59 Å². The summed E-state index contributed by atoms with van der Waals surface area (Å²) in [5.41, 5.74) is 3.06. The maximum Gasteiger partial charge on any atom is 0.261 e. The van der Waals surface area contributed by atoms with Crippen molar-refractivity contribution >= 4 is 29.3 Å². The molecule has 0 bridgehead atoms. The van der Waals surface area contributed by atoms with Gasteiger partial charge in [-0.3, -0.25) is 9.59 Å². The average Bonchev–Trinajstić information content (AvgIpc) is 2.94. The number of carbonyl (C=O) groups is 2. The largest absolute Gasteiger partial charge is 0.494 e. The number of nitrogens with zero attached hydrogens (tertiary/aromatic N) is 2. The number of imide groups is 1. The summed E-state index contributed by atoms with van der Waals surface area (Å²) in [6, 6.07) is 14.9. The van der Waals surface area contributed by atoms with Gasteiger partial charge in [-0.2, -0.15) is 0 Å². The third-order valence-electron chi connectivity index (χ3n) is 4.39. The van der Waals surface area contributed by atoms with Crippen LogP contribution in [0.4, 0.5) is 11.4 Å². The zero-order chi connectivity index (χ0) is 19.4. The number of anilines is 2. The van der Waals surface area contributed by atoms with Gasteiger partial charge in [0.1, 0.15) is 5.75 Å². The van der Waals surface area contributed by atoms with Gasteiger partial charge in [-0.25, -0.2) is 4.90 Å². The zero-order valence-electron chi connectivity index (χ0n) is 15.9. The average molecular weight is 364 g/mol. The molecule has 0 aromatic heterocycles. The zero-order valence-corrected chi connectivity index (χ0v) is 15.9. The molecule has 2 amide bonds. The van der Waals surface area contributed by atoms with Crippen molar-refractivity contribution in [2.45, 2.75) is 19.8 Å². The van der Waals surface area contributed by atoms with Gasteiger partial charge in [-0.15, -0.1) is 0 Å². The van der Waals surface area contributed by atoms with Crippen LogP contribution in [0.3, 0.4) is 0 Å². The van der Waals surface area contributed by atoms with Crippen LogP contribution >= 0.6 is 0 Å². The number of hydrogen-bond donors (Lipinski definition) is 0. The standard InChI is InChI=1S/C22H24N2O3/c1-4-13-27-20-11-9-19(10-12-20)24-21(25)15-17(22(24)26)14-16-5-7-18(8-6-16)23(2)3/h5-12,14H,4,13,15H2,1-3H3. The molecule has 0 aliphatic carbocycles. The first-order valence-corrected chi connectivity index (χ1v) is 9.07. The second kappa shape index (κ2) is 8.08. The topological polar surface area (TPSA) is 49.9 Å². The van der Waals surface area contributed by atoms with E-state index >= 15 is 0 Å². The Labute approximate surface area is 159 Å². The molecule has 0 radical (unpaired) electrons. The van der Waals surface area contributed by atoms with Crippen LogP contribution in [0.15, 0.2) is 54.1 Å². The number of carbonyl (C=O) groups excluding carboxylic acids is 2. The minimum atomic E-state index is -0.265. The van der Waals surface area contributed by atoms with Gasteiger partial charge >= 0.3 is 0 Å². The lowest BCUT2D eigenvalue weighted by Gasteiger charge is -2.14. The lowest BCUT2D eigenvalue weighted by Crippen LogP contribution is -2.28. The van der Waals surface area contributed by atoms with E-state index in [4.69, 9.17) is 4.74 Å². The van der Waals surface area contributed by atoms with Gasteiger partial charge in [0.05, 0.1) is 18.7 Å². The first-order chi connectivity index (χ1) is 13.0. The Hall–Kier alpha value is -3.08. The van der Waals surface area contributed by atoms with Crippen molar-refractivity contribution in [3.05, 3.63) is 59.7 Å². The predicted octanol–water partition coefficient (Wildman–Crippen LogP) is 3.89. The number of hydrogen-bond acceptors (Lipinski definition) is 4. The third kappa shape index (κ3) is 4.19. The van der Waals surface area contributed by atoms with E-state index < -0.39 is 0 Å². The van der Waals surface area contributed by atoms with Crippen LogP contribution in [0.25, 0.3) is 6.08 Å². The van der Waals surface area contributed by atoms with Crippen LogP contribution in [0.1, 0.15) is 25.3 Å². The summed E-state index contributed by atoms with van der Waals surface area (Å²) in [6.07, 6.45) is 2.83. The van der Waals surface area contributed by atoms with Gasteiger partial charge in [-0.05, 0) is 54.5 Å². The number of benzene rings is 2. The highest BCUT2D eigenvalue weighted by Crippen LogP contribution is 2.29. The monoisotopic (exact) mass is 364 g/mol. The Balaban J connectivity index is 1.78. The van der Waals surface area contributed by atoms with Crippen molar-refractivity contribution in [2.75, 3.05) is 30.5 Å². The van der Waals surface area contributed by atoms with Gasteiger partial charge in [0, 0.05) is 25.4 Å². The summed E-state index contributed by atoms with van der Waals surface area (Å²) in [4.78, 5) is 28.4. The number of amides is 2. The Bertz CT molecular complexity index is 852. The van der Waals surface area contributed by atoms with Crippen LogP contribution in [0.2, 0.25) is 0 Å². The van der Waals surface area contributed by atoms with E-state index in [0.29, 0.717) is 17.9 Å². The fourth-order valence-corrected chi connectivity index (χ4v) is 2.93. The molecule has 3 rings (SSSR count). The van der Waals surface area contributed by atoms with E-state index in [0.717, 1.165) is 23.4 Å². The summed E-state index contributed by atoms with van der Waals surface area (Å²) >= 11 is 0. The second-order valence-corrected chi connectivity index (χ2v) is 6.71. The Kier molecular flexibility index (Phi) is 5.60. The van der Waals surface area contributed by atoms with E-state index in [1.807, 2.05) is 50.2 Å². The molecule has 1 aliphatic heterocycles. The Morgan fingerprint density at radius 3 is 2.30 bits per heavy atom. The molecule has 0 spiro atoms. The van der Waals surface area contributed by atoms with E-state index in [1.54, 1.807) is 30.3 Å². The van der Waals surface area contributed by atoms with Crippen LogP contribution in [-0.2, 0) is 9.59 Å². The molecule has 1 fully saturated rings. The maximum atomic E-state index is 12.8. The molecule has 1 heterocycles. The first kappa shape index (κ1) is 18.7. The van der Waals surface area contributed by atoms with Crippen molar-refractivity contribution < 1.29 is 14.3 Å². The fourth-order valence-electron chi connectivity index (χ4n) is 2.93. The summed E-state index contributed by atoms with van der Waals surface area (Å²) in [7, 11) is 3.95. The second-order valence-electron chi connectivity index (χ2n) is 6.71. The van der Waals surface area contributed by atoms with Crippen LogP contribution in [0, 0.1) is 0 Å². The highest BCUT2D eigenvalue weighted by Gasteiger charge is 2.34. The lowest BCUT2D eigenvalue weighted by atomic mass is 10.1. The highest BCUT2D eigenvalue weighted by atomic mass is 16.5. The number of rotatable bonds is 6. The predicted molar refractivity (Wildman–Crippen MR) is 108 cm³/mol. The van der Waals surface area contributed by atoms with E-state index in [2.05, 4.69) is 0 Å². The van der Waals surface area contributed by atoms with Crippen LogP contribution < -0.4 is 14.5 Å². The molecule has 2 aromatic rings. The van der Waals surface area contributed by atoms with Crippen molar-refractivity contribution in [3.8, 4) is 5.75 Å². The molecule has 0 saturated carbocycles. The summed E-state index contributed by atoms with van der Waals surface area (Å²) in [5.74, 6) is 0.258. The van der Waals surface area contributed by atoms with E-state index in [-0.39, 0.29) is 18.2 Å². The molecule has 0 unspecified atom stereocenters. The molecule has 2 aromatic carbocycles. The van der Waals surface area contributed by atoms with Crippen molar-refractivity contribution in [1.82, 2.24) is 0 Å². The fraction of sp³-hybridized carbons (Fsp3) is 0.273. The third-order valence-corrected chi connectivity index (χ3v) is 4.39. The maximum absolute atomic E-state index is 12.8. The minimum Gasteiger partial charge on any atom is -0.494 e. The Morgan fingerprint density at radius 2 is 1.70 bits per heavy atom. The molecule has 140 valence electrons. The van der Waals surface area contributed by atoms with Crippen molar-refractivity contribution in [3.63, 3.8) is 0 Å². The molecular formula is C22H24N2O3. The number of ether oxygens (including phenoxy) is 1. The molecule has 1 saturated heterocycles. The van der Waals surface area contributed by atoms with Crippen molar-refractivity contribution in [1.29, 1.82) is 0 Å². The Morgan fingerprint density at radius 1 is 1.04 bits per heavy atom. The first-order valence-electron chi connectivity index (χ1n) is 9.07. The van der Waals surface area contributed by atoms with Gasteiger partial charge in [-0.1, -0.05) is 19.1 Å². The van der Waals surface area contributed by atoms with Crippen molar-refractivity contribution in [2.24, 2.45) is 0 Å². The summed E-state index contributed by atoms with van der Waals surface area (Å²) in [5, 5.41) is 0.